The van der Waals surface area contributed by atoms with Crippen LogP contribution >= 0.6 is 11.6 Å². The number of nitrogen functional groups attached to an aromatic ring is 1. The average Bonchev–Trinajstić information content (AvgIpc) is 2.31. The molecular formula is C11H16ClN3O3S. The van der Waals surface area contributed by atoms with Crippen molar-refractivity contribution in [2.45, 2.75) is 24.8 Å². The van der Waals surface area contributed by atoms with Crippen molar-refractivity contribution in [1.29, 1.82) is 0 Å². The molecule has 0 saturated carbocycles. The summed E-state index contributed by atoms with van der Waals surface area (Å²) in [7, 11) is -2.40. The molecule has 4 N–H and O–H groups in total. The number of rotatable bonds is 4. The summed E-state index contributed by atoms with van der Waals surface area (Å²) in [4.78, 5) is 11.3. The van der Waals surface area contributed by atoms with E-state index in [9.17, 15) is 13.2 Å². The van der Waals surface area contributed by atoms with Crippen molar-refractivity contribution in [3.63, 3.8) is 0 Å². The van der Waals surface area contributed by atoms with Gasteiger partial charge in [0.15, 0.2) is 0 Å². The lowest BCUT2D eigenvalue weighted by Crippen LogP contribution is -2.43. The zero-order valence-corrected chi connectivity index (χ0v) is 12.4. The molecule has 0 aromatic heterocycles. The standard InChI is InChI=1S/C11H16ClN3O3S/c1-6-4-8(12)9(13)5-10(6)19(17,18)15-7(2)11(16)14-3/h4-5,7,15H,13H2,1-3H3,(H,14,16). The molecule has 1 aromatic carbocycles. The number of carbonyl (C=O) groups is 1. The highest BCUT2D eigenvalue weighted by Crippen LogP contribution is 2.26. The van der Waals surface area contributed by atoms with Gasteiger partial charge in [0.1, 0.15) is 0 Å². The minimum Gasteiger partial charge on any atom is -0.397 e. The monoisotopic (exact) mass is 305 g/mol. The second kappa shape index (κ2) is 5.77. The second-order valence-corrected chi connectivity index (χ2v) is 6.19. The molecule has 1 rings (SSSR count). The van der Waals surface area contributed by atoms with E-state index in [0.29, 0.717) is 5.56 Å². The Balaban J connectivity index is 3.14. The number of aryl methyl sites for hydroxylation is 1. The van der Waals surface area contributed by atoms with Crippen LogP contribution in [0.4, 0.5) is 5.69 Å². The normalized spacial score (nSPS) is 13.1. The van der Waals surface area contributed by atoms with Crippen LogP contribution in [-0.2, 0) is 14.8 Å². The van der Waals surface area contributed by atoms with Crippen molar-refractivity contribution in [1.82, 2.24) is 10.0 Å². The number of nitrogens with one attached hydrogen (secondary N) is 2. The predicted octanol–water partition coefficient (Wildman–Crippen LogP) is 0.643. The van der Waals surface area contributed by atoms with Crippen molar-refractivity contribution >= 4 is 33.2 Å². The topological polar surface area (TPSA) is 101 Å². The average molecular weight is 306 g/mol. The minimum atomic E-state index is -3.83. The smallest absolute Gasteiger partial charge is 0.241 e. The Morgan fingerprint density at radius 3 is 2.53 bits per heavy atom. The van der Waals surface area contributed by atoms with Gasteiger partial charge in [0.05, 0.1) is 21.6 Å². The van der Waals surface area contributed by atoms with Crippen LogP contribution in [0.3, 0.4) is 0 Å². The largest absolute Gasteiger partial charge is 0.397 e. The van der Waals surface area contributed by atoms with E-state index in [1.54, 1.807) is 6.92 Å². The highest BCUT2D eigenvalue weighted by atomic mass is 35.5. The Morgan fingerprint density at radius 1 is 1.42 bits per heavy atom. The van der Waals surface area contributed by atoms with Gasteiger partial charge in [-0.3, -0.25) is 4.79 Å². The fraction of sp³-hybridized carbons (Fsp3) is 0.364. The number of benzene rings is 1. The minimum absolute atomic E-state index is 0.00477. The summed E-state index contributed by atoms with van der Waals surface area (Å²) in [6.07, 6.45) is 0. The van der Waals surface area contributed by atoms with Gasteiger partial charge in [-0.25, -0.2) is 8.42 Å². The third-order valence-electron chi connectivity index (χ3n) is 2.56. The molecule has 0 radical (unpaired) electrons. The van der Waals surface area contributed by atoms with Crippen molar-refractivity contribution in [2.75, 3.05) is 12.8 Å². The Bertz CT molecular complexity index is 601. The molecule has 6 nitrogen and oxygen atoms in total. The molecule has 0 aliphatic heterocycles. The third-order valence-corrected chi connectivity index (χ3v) is 4.57. The van der Waals surface area contributed by atoms with Gasteiger partial charge < -0.3 is 11.1 Å². The molecule has 0 aliphatic rings. The number of amides is 1. The Kier molecular flexibility index (Phi) is 4.78. The van der Waals surface area contributed by atoms with Gasteiger partial charge >= 0.3 is 0 Å². The molecule has 0 saturated heterocycles. The molecule has 0 fully saturated rings. The number of anilines is 1. The van der Waals surface area contributed by atoms with E-state index >= 15 is 0 Å². The Labute approximate surface area is 117 Å². The summed E-state index contributed by atoms with van der Waals surface area (Å²) in [5, 5.41) is 2.65. The maximum atomic E-state index is 12.2. The first-order chi connectivity index (χ1) is 8.69. The van der Waals surface area contributed by atoms with E-state index < -0.39 is 22.0 Å². The fourth-order valence-corrected chi connectivity index (χ4v) is 3.21. The number of hydrogen-bond donors (Lipinski definition) is 3. The number of carbonyl (C=O) groups excluding carboxylic acids is 1. The first-order valence-corrected chi connectivity index (χ1v) is 7.34. The summed E-state index contributed by atoms with van der Waals surface area (Å²) in [6, 6.07) is 1.86. The SMILES string of the molecule is CNC(=O)C(C)NS(=O)(=O)c1cc(N)c(Cl)cc1C. The van der Waals surface area contributed by atoms with Gasteiger partial charge in [-0.1, -0.05) is 11.6 Å². The second-order valence-electron chi connectivity index (χ2n) is 4.10. The molecule has 1 aromatic rings. The number of sulfonamides is 1. The molecule has 8 heteroatoms. The van der Waals surface area contributed by atoms with Gasteiger partial charge in [0.25, 0.3) is 0 Å². The number of hydrogen-bond acceptors (Lipinski definition) is 4. The van der Waals surface area contributed by atoms with E-state index in [2.05, 4.69) is 10.0 Å². The Morgan fingerprint density at radius 2 is 2.00 bits per heavy atom. The first-order valence-electron chi connectivity index (χ1n) is 5.48. The maximum Gasteiger partial charge on any atom is 0.241 e. The highest BCUT2D eigenvalue weighted by Gasteiger charge is 2.23. The van der Waals surface area contributed by atoms with Crippen molar-refractivity contribution < 1.29 is 13.2 Å². The van der Waals surface area contributed by atoms with Gasteiger partial charge in [-0.2, -0.15) is 4.72 Å². The van der Waals surface area contributed by atoms with E-state index in [4.69, 9.17) is 17.3 Å². The molecule has 19 heavy (non-hydrogen) atoms. The van der Waals surface area contributed by atoms with Crippen LogP contribution in [0.15, 0.2) is 17.0 Å². The van der Waals surface area contributed by atoms with E-state index in [1.807, 2.05) is 0 Å². The van der Waals surface area contributed by atoms with Crippen LogP contribution in [0.25, 0.3) is 0 Å². The molecule has 0 aliphatic carbocycles. The van der Waals surface area contributed by atoms with Crippen LogP contribution in [0, 0.1) is 6.92 Å². The summed E-state index contributed by atoms with van der Waals surface area (Å²) in [5.41, 5.74) is 6.22. The molecule has 0 bridgehead atoms. The van der Waals surface area contributed by atoms with E-state index in [-0.39, 0.29) is 15.6 Å². The molecule has 1 amide bonds. The van der Waals surface area contributed by atoms with Crippen LogP contribution in [0.1, 0.15) is 12.5 Å². The van der Waals surface area contributed by atoms with Crippen LogP contribution in [0.2, 0.25) is 5.02 Å². The number of nitrogens with two attached hydrogens (primary N) is 1. The van der Waals surface area contributed by atoms with Crippen LogP contribution in [-0.4, -0.2) is 27.4 Å². The fourth-order valence-electron chi connectivity index (χ4n) is 1.52. The first kappa shape index (κ1) is 15.7. The van der Waals surface area contributed by atoms with Gasteiger partial charge in [-0.15, -0.1) is 0 Å². The molecule has 1 atom stereocenters. The molecule has 106 valence electrons. The van der Waals surface area contributed by atoms with Crippen molar-refractivity contribution in [3.05, 3.63) is 22.7 Å². The molecule has 0 spiro atoms. The number of likely N-dealkylation sites (N-methyl/N-ethyl adjacent to an activating group) is 1. The molecule has 0 heterocycles. The van der Waals surface area contributed by atoms with Crippen molar-refractivity contribution in [3.8, 4) is 0 Å². The summed E-state index contributed by atoms with van der Waals surface area (Å²) in [5.74, 6) is -0.428. The lowest BCUT2D eigenvalue weighted by molar-refractivity contribution is -0.121. The lowest BCUT2D eigenvalue weighted by Gasteiger charge is -2.15. The summed E-state index contributed by atoms with van der Waals surface area (Å²) >= 11 is 5.81. The molecular weight excluding hydrogens is 290 g/mol. The van der Waals surface area contributed by atoms with Crippen LogP contribution < -0.4 is 15.8 Å². The third kappa shape index (κ3) is 3.59. The summed E-state index contributed by atoms with van der Waals surface area (Å²) < 4.78 is 26.6. The number of halogens is 1. The lowest BCUT2D eigenvalue weighted by atomic mass is 10.2. The Hall–Kier alpha value is -1.31. The quantitative estimate of drug-likeness (QED) is 0.711. The predicted molar refractivity (Wildman–Crippen MR) is 74.5 cm³/mol. The zero-order chi connectivity index (χ0) is 14.8. The highest BCUT2D eigenvalue weighted by molar-refractivity contribution is 7.89. The van der Waals surface area contributed by atoms with Crippen molar-refractivity contribution in [2.24, 2.45) is 0 Å². The van der Waals surface area contributed by atoms with Gasteiger partial charge in [0.2, 0.25) is 15.9 Å². The molecule has 1 unspecified atom stereocenters. The van der Waals surface area contributed by atoms with Crippen LogP contribution in [0.5, 0.6) is 0 Å². The van der Waals surface area contributed by atoms with E-state index in [1.165, 1.54) is 26.1 Å². The summed E-state index contributed by atoms with van der Waals surface area (Å²) in [6.45, 7) is 3.05. The van der Waals surface area contributed by atoms with Gasteiger partial charge in [-0.05, 0) is 31.5 Å². The zero-order valence-electron chi connectivity index (χ0n) is 10.8. The van der Waals surface area contributed by atoms with Gasteiger partial charge in [0, 0.05) is 7.05 Å². The van der Waals surface area contributed by atoms with E-state index in [0.717, 1.165) is 0 Å². The maximum absolute atomic E-state index is 12.2.